The maximum atomic E-state index is 6.34. The van der Waals surface area contributed by atoms with Gasteiger partial charge in [0, 0.05) is 45.3 Å². The quantitative estimate of drug-likeness (QED) is 0.203. The highest BCUT2D eigenvalue weighted by atomic mass is 16.3. The Bertz CT molecular complexity index is 2400. The molecule has 9 rings (SSSR count). The van der Waals surface area contributed by atoms with Crippen molar-refractivity contribution in [3.63, 3.8) is 0 Å². The number of hydrogen-bond donors (Lipinski definition) is 0. The maximum Gasteiger partial charge on any atom is 0.163 e. The van der Waals surface area contributed by atoms with Crippen molar-refractivity contribution >= 4 is 43.7 Å². The molecule has 9 aromatic rings. The minimum absolute atomic E-state index is 0.465. The number of benzene rings is 5. The molecule has 0 spiro atoms. The van der Waals surface area contributed by atoms with Gasteiger partial charge in [-0.3, -0.25) is 4.98 Å². The minimum Gasteiger partial charge on any atom is -0.454 e. The van der Waals surface area contributed by atoms with Gasteiger partial charge in [0.2, 0.25) is 0 Å². The third-order valence-corrected chi connectivity index (χ3v) is 8.43. The van der Waals surface area contributed by atoms with Gasteiger partial charge in [-0.1, -0.05) is 97.1 Å². The molecule has 0 bridgehead atoms. The van der Waals surface area contributed by atoms with Crippen LogP contribution in [-0.2, 0) is 6.42 Å². The van der Waals surface area contributed by atoms with Gasteiger partial charge in [-0.05, 0) is 35.9 Å². The molecule has 212 valence electrons. The normalized spacial score (nSPS) is 11.6. The largest absolute Gasteiger partial charge is 0.454 e. The van der Waals surface area contributed by atoms with Crippen molar-refractivity contribution in [1.29, 1.82) is 0 Å². The van der Waals surface area contributed by atoms with E-state index >= 15 is 0 Å². The molecule has 6 nitrogen and oxygen atoms in total. The topological polar surface area (TPSA) is 69.6 Å². The summed E-state index contributed by atoms with van der Waals surface area (Å²) in [6.07, 6.45) is 4.06. The summed E-state index contributed by atoms with van der Waals surface area (Å²) < 4.78 is 8.70. The number of hydrogen-bond acceptors (Lipinski definition) is 5. The summed E-state index contributed by atoms with van der Waals surface area (Å²) in [5, 5.41) is 4.46. The Balaban J connectivity index is 1.35. The Morgan fingerprint density at radius 1 is 0.533 bits per heavy atom. The fourth-order valence-electron chi connectivity index (χ4n) is 6.44. The van der Waals surface area contributed by atoms with Gasteiger partial charge in [0.25, 0.3) is 0 Å². The molecule has 0 fully saturated rings. The van der Waals surface area contributed by atoms with E-state index in [4.69, 9.17) is 19.4 Å². The summed E-state index contributed by atoms with van der Waals surface area (Å²) in [7, 11) is 0. The molecule has 0 saturated heterocycles. The van der Waals surface area contributed by atoms with Gasteiger partial charge in [0.05, 0.1) is 22.9 Å². The Hall–Kier alpha value is -6.14. The first-order valence-electron chi connectivity index (χ1n) is 14.9. The Kier molecular flexibility index (Phi) is 5.77. The minimum atomic E-state index is 0.465. The molecule has 45 heavy (non-hydrogen) atoms. The van der Waals surface area contributed by atoms with Gasteiger partial charge in [0.1, 0.15) is 11.4 Å². The second-order valence-corrected chi connectivity index (χ2v) is 11.1. The fraction of sp³-hybridized carbons (Fsp3) is 0.0256. The zero-order valence-electron chi connectivity index (χ0n) is 24.1. The highest BCUT2D eigenvalue weighted by Crippen LogP contribution is 2.39. The molecule has 6 heteroatoms. The molecule has 0 amide bonds. The SMILES string of the molecule is c1ccc(-c2nc(Cc3c(-n4c5ccccc5c5ccccc54)ccc4oc5cnccc5c34)nc(-c3ccccc3)n2)cc1. The van der Waals surface area contributed by atoms with E-state index in [0.717, 1.165) is 55.3 Å². The lowest BCUT2D eigenvalue weighted by atomic mass is 10.0. The van der Waals surface area contributed by atoms with E-state index in [1.807, 2.05) is 72.9 Å². The van der Waals surface area contributed by atoms with Crippen LogP contribution in [0, 0.1) is 0 Å². The first-order valence-corrected chi connectivity index (χ1v) is 14.9. The van der Waals surface area contributed by atoms with Crippen LogP contribution in [0.25, 0.3) is 72.2 Å². The van der Waals surface area contributed by atoms with E-state index in [1.54, 1.807) is 6.20 Å². The van der Waals surface area contributed by atoms with E-state index in [1.165, 1.54) is 10.8 Å². The van der Waals surface area contributed by atoms with E-state index < -0.39 is 0 Å². The molecule has 0 aliphatic rings. The lowest BCUT2D eigenvalue weighted by molar-refractivity contribution is 0.666. The number of pyridine rings is 1. The summed E-state index contributed by atoms with van der Waals surface area (Å²) in [5.74, 6) is 1.97. The van der Waals surface area contributed by atoms with Crippen LogP contribution < -0.4 is 0 Å². The number of para-hydroxylation sites is 2. The average molecular weight is 580 g/mol. The summed E-state index contributed by atoms with van der Waals surface area (Å²) in [5.41, 5.74) is 7.85. The van der Waals surface area contributed by atoms with Crippen molar-refractivity contribution in [3.05, 3.63) is 151 Å². The van der Waals surface area contributed by atoms with Gasteiger partial charge in [-0.15, -0.1) is 0 Å². The monoisotopic (exact) mass is 579 g/mol. The van der Waals surface area contributed by atoms with Gasteiger partial charge in [-0.25, -0.2) is 15.0 Å². The molecule has 4 aromatic heterocycles. The van der Waals surface area contributed by atoms with Gasteiger partial charge in [-0.2, -0.15) is 0 Å². The molecule has 0 atom stereocenters. The van der Waals surface area contributed by atoms with Crippen LogP contribution in [0.5, 0.6) is 0 Å². The van der Waals surface area contributed by atoms with E-state index in [9.17, 15) is 0 Å². The van der Waals surface area contributed by atoms with Crippen molar-refractivity contribution in [1.82, 2.24) is 24.5 Å². The number of nitrogens with zero attached hydrogens (tertiary/aromatic N) is 5. The van der Waals surface area contributed by atoms with E-state index in [2.05, 4.69) is 70.2 Å². The van der Waals surface area contributed by atoms with Crippen molar-refractivity contribution < 1.29 is 4.42 Å². The summed E-state index contributed by atoms with van der Waals surface area (Å²) in [6.45, 7) is 0. The van der Waals surface area contributed by atoms with Crippen molar-refractivity contribution in [3.8, 4) is 28.5 Å². The van der Waals surface area contributed by atoms with Crippen molar-refractivity contribution in [2.24, 2.45) is 0 Å². The Morgan fingerprint density at radius 3 is 1.78 bits per heavy atom. The zero-order chi connectivity index (χ0) is 29.7. The molecule has 0 aliphatic carbocycles. The average Bonchev–Trinajstić information content (AvgIpc) is 3.65. The third kappa shape index (κ3) is 4.18. The van der Waals surface area contributed by atoms with E-state index in [0.29, 0.717) is 23.9 Å². The molecule has 5 aromatic carbocycles. The van der Waals surface area contributed by atoms with Crippen LogP contribution in [0.4, 0.5) is 0 Å². The predicted octanol–water partition coefficient (Wildman–Crippen LogP) is 9.19. The van der Waals surface area contributed by atoms with Crippen LogP contribution >= 0.6 is 0 Å². The maximum absolute atomic E-state index is 6.34. The molecule has 4 heterocycles. The number of aromatic nitrogens is 5. The summed E-state index contributed by atoms with van der Waals surface area (Å²) >= 11 is 0. The van der Waals surface area contributed by atoms with E-state index in [-0.39, 0.29) is 0 Å². The molecule has 0 N–H and O–H groups in total. The first-order chi connectivity index (χ1) is 22.3. The molecule has 0 radical (unpaired) electrons. The standard InChI is InChI=1S/C39H25N5O/c1-3-11-25(12-4-1)38-41-36(42-39(43-38)26-13-5-2-6-14-26)23-30-33(19-20-34-37(30)29-21-22-40-24-35(29)45-34)44-31-17-9-7-15-27(31)28-16-8-10-18-32(28)44/h1-22,24H,23H2. The third-order valence-electron chi connectivity index (χ3n) is 8.43. The number of rotatable bonds is 5. The molecule has 0 saturated carbocycles. The smallest absolute Gasteiger partial charge is 0.163 e. The number of fused-ring (bicyclic) bond motifs is 6. The highest BCUT2D eigenvalue weighted by Gasteiger charge is 2.22. The molecule has 0 aliphatic heterocycles. The zero-order valence-corrected chi connectivity index (χ0v) is 24.1. The lowest BCUT2D eigenvalue weighted by Gasteiger charge is -2.15. The Labute approximate surface area is 258 Å². The molecular weight excluding hydrogens is 554 g/mol. The Morgan fingerprint density at radius 2 is 1.13 bits per heavy atom. The van der Waals surface area contributed by atoms with Crippen LogP contribution in [0.15, 0.2) is 144 Å². The van der Waals surface area contributed by atoms with Crippen molar-refractivity contribution in [2.45, 2.75) is 6.42 Å². The van der Waals surface area contributed by atoms with Crippen LogP contribution in [-0.4, -0.2) is 24.5 Å². The van der Waals surface area contributed by atoms with Gasteiger partial charge in [0.15, 0.2) is 17.2 Å². The predicted molar refractivity (Wildman–Crippen MR) is 179 cm³/mol. The van der Waals surface area contributed by atoms with Crippen LogP contribution in [0.1, 0.15) is 11.4 Å². The van der Waals surface area contributed by atoms with Gasteiger partial charge >= 0.3 is 0 Å². The second-order valence-electron chi connectivity index (χ2n) is 11.1. The summed E-state index contributed by atoms with van der Waals surface area (Å²) in [6, 6.07) is 43.6. The van der Waals surface area contributed by atoms with Gasteiger partial charge < -0.3 is 8.98 Å². The number of furan rings is 1. The van der Waals surface area contributed by atoms with Crippen LogP contribution in [0.2, 0.25) is 0 Å². The molecule has 0 unspecified atom stereocenters. The second kappa shape index (κ2) is 10.2. The van der Waals surface area contributed by atoms with Crippen molar-refractivity contribution in [2.75, 3.05) is 0 Å². The first kappa shape index (κ1) is 25.4. The van der Waals surface area contributed by atoms with Crippen LogP contribution in [0.3, 0.4) is 0 Å². The molecular formula is C39H25N5O. The summed E-state index contributed by atoms with van der Waals surface area (Å²) in [4.78, 5) is 19.4. The lowest BCUT2D eigenvalue weighted by Crippen LogP contribution is -2.07. The fourth-order valence-corrected chi connectivity index (χ4v) is 6.44. The highest BCUT2D eigenvalue weighted by molar-refractivity contribution is 6.11.